The van der Waals surface area contributed by atoms with E-state index in [0.717, 1.165) is 16.9 Å². The van der Waals surface area contributed by atoms with E-state index in [1.54, 1.807) is 16.7 Å². The van der Waals surface area contributed by atoms with Gasteiger partial charge in [-0.2, -0.15) is 11.8 Å². The van der Waals surface area contributed by atoms with Crippen molar-refractivity contribution in [3.05, 3.63) is 95.1 Å². The van der Waals surface area contributed by atoms with E-state index in [0.29, 0.717) is 42.6 Å². The molecule has 2 aliphatic heterocycles. The number of carbonyl (C=O) groups excluding carboxylic acids is 2. The van der Waals surface area contributed by atoms with Crippen LogP contribution in [0.3, 0.4) is 0 Å². The predicted molar refractivity (Wildman–Crippen MR) is 137 cm³/mol. The summed E-state index contributed by atoms with van der Waals surface area (Å²) in [6.45, 7) is 3.43. The lowest BCUT2D eigenvalue weighted by Gasteiger charge is -2.28. The first kappa shape index (κ1) is 23.3. The Morgan fingerprint density at radius 3 is 2.54 bits per heavy atom. The van der Waals surface area contributed by atoms with Gasteiger partial charge in [-0.3, -0.25) is 9.59 Å². The third-order valence-corrected chi connectivity index (χ3v) is 7.43. The highest BCUT2D eigenvalue weighted by molar-refractivity contribution is 7.98. The van der Waals surface area contributed by atoms with E-state index in [1.165, 1.54) is 5.56 Å². The molecule has 2 atom stereocenters. The van der Waals surface area contributed by atoms with Crippen LogP contribution in [0.15, 0.2) is 72.8 Å². The Morgan fingerprint density at radius 1 is 1.00 bits per heavy atom. The van der Waals surface area contributed by atoms with E-state index in [9.17, 15) is 9.59 Å². The fourth-order valence-corrected chi connectivity index (χ4v) is 5.52. The number of thioether (sulfide) groups is 1. The number of hydrogen-bond donors (Lipinski definition) is 1. The predicted octanol–water partition coefficient (Wildman–Crippen LogP) is 4.59. The van der Waals surface area contributed by atoms with Gasteiger partial charge in [-0.25, -0.2) is 0 Å². The van der Waals surface area contributed by atoms with Gasteiger partial charge in [0.2, 0.25) is 5.91 Å². The summed E-state index contributed by atoms with van der Waals surface area (Å²) in [6, 6.07) is 22.6. The summed E-state index contributed by atoms with van der Waals surface area (Å²) in [6.07, 6.45) is 0. The standard InChI is InChI=1S/C28H28N2O4S/c1-19(21-11-12-25-26(15-21)34-14-13-33-25)29-27(31)24(18-35-17-20-7-3-2-4-8-20)30-16-22-9-5-6-10-23(22)28(30)32/h2-12,15,19,24H,13-14,16-18H2,1H3,(H,29,31)/t19-,24-/m1/s1. The Labute approximate surface area is 209 Å². The van der Waals surface area contributed by atoms with Gasteiger partial charge < -0.3 is 19.7 Å². The molecular weight excluding hydrogens is 460 g/mol. The Kier molecular flexibility index (Phi) is 6.95. The number of hydrogen-bond acceptors (Lipinski definition) is 5. The summed E-state index contributed by atoms with van der Waals surface area (Å²) in [5.41, 5.74) is 3.76. The zero-order chi connectivity index (χ0) is 24.2. The van der Waals surface area contributed by atoms with Crippen LogP contribution in [-0.2, 0) is 17.1 Å². The van der Waals surface area contributed by atoms with Gasteiger partial charge in [0.25, 0.3) is 5.91 Å². The summed E-state index contributed by atoms with van der Waals surface area (Å²) >= 11 is 1.66. The minimum absolute atomic E-state index is 0.0898. The molecule has 0 bridgehead atoms. The van der Waals surface area contributed by atoms with Crippen molar-refractivity contribution >= 4 is 23.6 Å². The molecule has 0 fully saturated rings. The number of nitrogens with zero attached hydrogens (tertiary/aromatic N) is 1. The minimum Gasteiger partial charge on any atom is -0.486 e. The van der Waals surface area contributed by atoms with E-state index in [2.05, 4.69) is 17.4 Å². The van der Waals surface area contributed by atoms with Gasteiger partial charge in [-0.1, -0.05) is 54.6 Å². The molecule has 3 aromatic rings. The molecule has 180 valence electrons. The van der Waals surface area contributed by atoms with Crippen molar-refractivity contribution < 1.29 is 19.1 Å². The topological polar surface area (TPSA) is 67.9 Å². The summed E-state index contributed by atoms with van der Waals surface area (Å²) in [4.78, 5) is 28.5. The molecule has 2 aliphatic rings. The highest BCUT2D eigenvalue weighted by Crippen LogP contribution is 2.33. The average Bonchev–Trinajstić information content (AvgIpc) is 3.23. The molecule has 0 unspecified atom stereocenters. The third kappa shape index (κ3) is 5.15. The Morgan fingerprint density at radius 2 is 1.74 bits per heavy atom. The third-order valence-electron chi connectivity index (χ3n) is 6.34. The lowest BCUT2D eigenvalue weighted by atomic mass is 10.1. The second kappa shape index (κ2) is 10.4. The van der Waals surface area contributed by atoms with Crippen LogP contribution in [0.5, 0.6) is 11.5 Å². The molecule has 7 heteroatoms. The minimum atomic E-state index is -0.580. The van der Waals surface area contributed by atoms with Gasteiger partial charge in [-0.05, 0) is 41.8 Å². The zero-order valence-electron chi connectivity index (χ0n) is 19.6. The molecule has 2 amide bonds. The zero-order valence-corrected chi connectivity index (χ0v) is 20.4. The highest BCUT2D eigenvalue weighted by Gasteiger charge is 2.36. The number of amides is 2. The molecule has 0 aromatic heterocycles. The number of rotatable bonds is 8. The van der Waals surface area contributed by atoms with Crippen LogP contribution in [0.4, 0.5) is 0 Å². The summed E-state index contributed by atoms with van der Waals surface area (Å²) in [5.74, 6) is 2.44. The van der Waals surface area contributed by atoms with E-state index < -0.39 is 6.04 Å². The lowest BCUT2D eigenvalue weighted by molar-refractivity contribution is -0.125. The van der Waals surface area contributed by atoms with Crippen molar-refractivity contribution in [3.63, 3.8) is 0 Å². The second-order valence-corrected chi connectivity index (χ2v) is 9.77. The van der Waals surface area contributed by atoms with Crippen molar-refractivity contribution in [2.24, 2.45) is 0 Å². The van der Waals surface area contributed by atoms with Crippen molar-refractivity contribution in [3.8, 4) is 11.5 Å². The van der Waals surface area contributed by atoms with Crippen molar-refractivity contribution in [2.45, 2.75) is 31.3 Å². The molecule has 5 rings (SSSR count). The molecule has 3 aromatic carbocycles. The Balaban J connectivity index is 1.31. The van der Waals surface area contributed by atoms with Gasteiger partial charge in [-0.15, -0.1) is 0 Å². The van der Waals surface area contributed by atoms with Crippen molar-refractivity contribution in [1.29, 1.82) is 0 Å². The van der Waals surface area contributed by atoms with E-state index >= 15 is 0 Å². The molecule has 0 saturated carbocycles. The van der Waals surface area contributed by atoms with Gasteiger partial charge in [0.15, 0.2) is 11.5 Å². The first-order valence-electron chi connectivity index (χ1n) is 11.8. The Hall–Kier alpha value is -3.45. The molecule has 2 heterocycles. The molecule has 6 nitrogen and oxygen atoms in total. The maximum Gasteiger partial charge on any atom is 0.255 e. The average molecular weight is 489 g/mol. The lowest BCUT2D eigenvalue weighted by Crippen LogP contribution is -2.49. The smallest absolute Gasteiger partial charge is 0.255 e. The molecule has 0 saturated heterocycles. The normalized spacial score (nSPS) is 15.9. The fourth-order valence-electron chi connectivity index (χ4n) is 4.42. The van der Waals surface area contributed by atoms with Crippen LogP contribution in [0.1, 0.15) is 40.0 Å². The second-order valence-electron chi connectivity index (χ2n) is 8.74. The van der Waals surface area contributed by atoms with Crippen LogP contribution in [0.2, 0.25) is 0 Å². The fraction of sp³-hybridized carbons (Fsp3) is 0.286. The maximum absolute atomic E-state index is 13.6. The molecule has 0 aliphatic carbocycles. The first-order chi connectivity index (χ1) is 17.1. The number of ether oxygens (including phenoxy) is 2. The number of nitrogens with one attached hydrogen (secondary N) is 1. The van der Waals surface area contributed by atoms with Crippen molar-refractivity contribution in [1.82, 2.24) is 10.2 Å². The SMILES string of the molecule is C[C@@H](NC(=O)[C@@H](CSCc1ccccc1)N1Cc2ccccc2C1=O)c1ccc2c(c1)OCCO2. The van der Waals surface area contributed by atoms with Gasteiger partial charge in [0, 0.05) is 23.6 Å². The summed E-state index contributed by atoms with van der Waals surface area (Å²) in [7, 11) is 0. The van der Waals surface area contributed by atoms with Crippen LogP contribution < -0.4 is 14.8 Å². The van der Waals surface area contributed by atoms with Crippen molar-refractivity contribution in [2.75, 3.05) is 19.0 Å². The first-order valence-corrected chi connectivity index (χ1v) is 13.0. The summed E-state index contributed by atoms with van der Waals surface area (Å²) in [5, 5.41) is 3.13. The van der Waals surface area contributed by atoms with Crippen LogP contribution in [0, 0.1) is 0 Å². The van der Waals surface area contributed by atoms with Gasteiger partial charge >= 0.3 is 0 Å². The van der Waals surface area contributed by atoms with Crippen LogP contribution >= 0.6 is 11.8 Å². The molecule has 0 spiro atoms. The highest BCUT2D eigenvalue weighted by atomic mass is 32.2. The largest absolute Gasteiger partial charge is 0.486 e. The monoisotopic (exact) mass is 488 g/mol. The number of benzene rings is 3. The molecule has 35 heavy (non-hydrogen) atoms. The maximum atomic E-state index is 13.6. The van der Waals surface area contributed by atoms with Gasteiger partial charge in [0.05, 0.1) is 6.04 Å². The quantitative estimate of drug-likeness (QED) is 0.502. The molecule has 1 N–H and O–H groups in total. The number of fused-ring (bicyclic) bond motifs is 2. The summed E-state index contributed by atoms with van der Waals surface area (Å²) < 4.78 is 11.3. The van der Waals surface area contributed by atoms with E-state index in [1.807, 2.05) is 67.6 Å². The van der Waals surface area contributed by atoms with E-state index in [4.69, 9.17) is 9.47 Å². The number of carbonyl (C=O) groups is 2. The van der Waals surface area contributed by atoms with E-state index in [-0.39, 0.29) is 17.9 Å². The molecule has 0 radical (unpaired) electrons. The molecular formula is C28H28N2O4S. The van der Waals surface area contributed by atoms with Crippen LogP contribution in [-0.4, -0.2) is 41.7 Å². The van der Waals surface area contributed by atoms with Crippen LogP contribution in [0.25, 0.3) is 0 Å². The van der Waals surface area contributed by atoms with Gasteiger partial charge in [0.1, 0.15) is 19.3 Å². The Bertz CT molecular complexity index is 1220.